The first-order valence-electron chi connectivity index (χ1n) is 19.0. The van der Waals surface area contributed by atoms with Crippen molar-refractivity contribution in [1.29, 1.82) is 0 Å². The Kier molecular flexibility index (Phi) is 19.3. The fourth-order valence-corrected chi connectivity index (χ4v) is 6.33. The quantitative estimate of drug-likeness (QED) is 0.0645. The van der Waals surface area contributed by atoms with Gasteiger partial charge < -0.3 is 19.3 Å². The number of phenolic OH excluding ortho intramolecular Hbond substituents is 1. The highest BCUT2D eigenvalue weighted by Crippen LogP contribution is 2.28. The third-order valence-electron chi connectivity index (χ3n) is 9.29. The highest BCUT2D eigenvalue weighted by atomic mass is 16.5. The summed E-state index contributed by atoms with van der Waals surface area (Å²) in [7, 11) is 0. The molecule has 0 atom stereocenters. The molecule has 4 rings (SSSR count). The fourth-order valence-electron chi connectivity index (χ4n) is 6.33. The standard InChI is InChI=1S/C45H60O4/c46-45-32-31-42(36-47-33-19-4-1-10-22-39-25-13-7-14-26-39)43(37-48-34-20-5-2-11-23-40-27-15-8-16-28-40)44(45)38-49-35-21-6-3-12-24-41-29-17-9-18-30-41/h7-9,13-18,25-32,46H,1-6,10-12,19-24,33-38H2. The Labute approximate surface area is 296 Å². The number of aryl methyl sites for hydroxylation is 3. The topological polar surface area (TPSA) is 47.9 Å². The molecule has 0 fully saturated rings. The van der Waals surface area contributed by atoms with Crippen LogP contribution in [0.2, 0.25) is 0 Å². The van der Waals surface area contributed by atoms with Crippen molar-refractivity contribution in [2.45, 2.75) is 116 Å². The Bertz CT molecular complexity index is 1370. The number of ether oxygens (including phenoxy) is 3. The lowest BCUT2D eigenvalue weighted by Gasteiger charge is -2.17. The summed E-state index contributed by atoms with van der Waals surface area (Å²) in [5, 5.41) is 10.9. The maximum atomic E-state index is 10.9. The number of unbranched alkanes of at least 4 members (excludes halogenated alkanes) is 9. The molecule has 4 aromatic carbocycles. The van der Waals surface area contributed by atoms with Crippen molar-refractivity contribution in [2.24, 2.45) is 0 Å². The first-order chi connectivity index (χ1) is 24.3. The molecule has 0 aliphatic rings. The van der Waals surface area contributed by atoms with Crippen molar-refractivity contribution in [3.8, 4) is 5.75 Å². The van der Waals surface area contributed by atoms with E-state index < -0.39 is 0 Å². The Morgan fingerprint density at radius 2 is 0.714 bits per heavy atom. The van der Waals surface area contributed by atoms with Crippen LogP contribution in [0.15, 0.2) is 103 Å². The van der Waals surface area contributed by atoms with E-state index in [1.165, 1.54) is 61.6 Å². The highest BCUT2D eigenvalue weighted by Gasteiger charge is 2.14. The van der Waals surface area contributed by atoms with Gasteiger partial charge in [-0.15, -0.1) is 0 Å². The SMILES string of the molecule is Oc1ccc(COCCCCCCc2ccccc2)c(COCCCCCCc2ccccc2)c1COCCCCCCc1ccccc1. The van der Waals surface area contributed by atoms with E-state index in [2.05, 4.69) is 91.0 Å². The number of hydrogen-bond acceptors (Lipinski definition) is 4. The minimum atomic E-state index is 0.282. The second-order valence-electron chi connectivity index (χ2n) is 13.3. The van der Waals surface area contributed by atoms with Gasteiger partial charge in [0.15, 0.2) is 0 Å². The maximum Gasteiger partial charge on any atom is 0.121 e. The molecule has 4 heteroatoms. The largest absolute Gasteiger partial charge is 0.508 e. The second-order valence-corrected chi connectivity index (χ2v) is 13.3. The third-order valence-corrected chi connectivity index (χ3v) is 9.29. The van der Waals surface area contributed by atoms with Crippen LogP contribution in [0.25, 0.3) is 0 Å². The molecular formula is C45H60O4. The highest BCUT2D eigenvalue weighted by molar-refractivity contribution is 5.43. The molecule has 0 spiro atoms. The van der Waals surface area contributed by atoms with Gasteiger partial charge in [0.05, 0.1) is 19.8 Å². The molecular weight excluding hydrogens is 604 g/mol. The molecule has 0 bridgehead atoms. The fraction of sp³-hybridized carbons (Fsp3) is 0.467. The van der Waals surface area contributed by atoms with Crippen LogP contribution in [0.1, 0.15) is 110 Å². The van der Waals surface area contributed by atoms with Crippen molar-refractivity contribution in [1.82, 2.24) is 0 Å². The van der Waals surface area contributed by atoms with E-state index in [1.54, 1.807) is 6.07 Å². The summed E-state index contributed by atoms with van der Waals surface area (Å²) in [5.74, 6) is 0.282. The Morgan fingerprint density at radius 1 is 0.347 bits per heavy atom. The van der Waals surface area contributed by atoms with Gasteiger partial charge in [0.1, 0.15) is 5.75 Å². The van der Waals surface area contributed by atoms with E-state index in [4.69, 9.17) is 14.2 Å². The van der Waals surface area contributed by atoms with Crippen LogP contribution in [-0.4, -0.2) is 24.9 Å². The first-order valence-corrected chi connectivity index (χ1v) is 19.0. The van der Waals surface area contributed by atoms with Crippen molar-refractivity contribution in [3.63, 3.8) is 0 Å². The molecule has 0 heterocycles. The molecule has 4 aromatic rings. The van der Waals surface area contributed by atoms with E-state index in [-0.39, 0.29) is 5.75 Å². The monoisotopic (exact) mass is 664 g/mol. The van der Waals surface area contributed by atoms with Crippen LogP contribution in [0.5, 0.6) is 5.75 Å². The van der Waals surface area contributed by atoms with E-state index in [1.807, 2.05) is 6.07 Å². The second kappa shape index (κ2) is 24.7. The molecule has 49 heavy (non-hydrogen) atoms. The first kappa shape index (κ1) is 38.4. The number of phenols is 1. The van der Waals surface area contributed by atoms with Gasteiger partial charge in [-0.25, -0.2) is 0 Å². The molecule has 264 valence electrons. The van der Waals surface area contributed by atoms with Crippen LogP contribution in [0, 0.1) is 0 Å². The van der Waals surface area contributed by atoms with E-state index in [0.29, 0.717) is 33.0 Å². The lowest BCUT2D eigenvalue weighted by Crippen LogP contribution is -2.08. The van der Waals surface area contributed by atoms with Crippen LogP contribution in [0.4, 0.5) is 0 Å². The minimum absolute atomic E-state index is 0.282. The predicted molar refractivity (Wildman–Crippen MR) is 203 cm³/mol. The number of benzene rings is 4. The molecule has 0 radical (unpaired) electrons. The smallest absolute Gasteiger partial charge is 0.121 e. The molecule has 0 unspecified atom stereocenters. The molecule has 0 aliphatic carbocycles. The van der Waals surface area contributed by atoms with Crippen LogP contribution in [-0.2, 0) is 53.3 Å². The summed E-state index contributed by atoms with van der Waals surface area (Å²) in [6, 6.07) is 36.0. The molecule has 0 saturated heterocycles. The summed E-state index contributed by atoms with van der Waals surface area (Å²) in [4.78, 5) is 0. The van der Waals surface area contributed by atoms with E-state index >= 15 is 0 Å². The summed E-state index contributed by atoms with van der Waals surface area (Å²) in [6.07, 6.45) is 17.3. The van der Waals surface area contributed by atoms with Crippen LogP contribution >= 0.6 is 0 Å². The Morgan fingerprint density at radius 3 is 1.14 bits per heavy atom. The summed E-state index contributed by atoms with van der Waals surface area (Å²) >= 11 is 0. The molecule has 1 N–H and O–H groups in total. The van der Waals surface area contributed by atoms with E-state index in [9.17, 15) is 5.11 Å². The summed E-state index contributed by atoms with van der Waals surface area (Å²) in [6.45, 7) is 3.53. The van der Waals surface area contributed by atoms with Crippen molar-refractivity contribution in [3.05, 3.63) is 137 Å². The van der Waals surface area contributed by atoms with Gasteiger partial charge in [-0.05, 0) is 91.7 Å². The third kappa shape index (κ3) is 16.2. The molecule has 0 saturated carbocycles. The van der Waals surface area contributed by atoms with Gasteiger partial charge in [-0.2, -0.15) is 0 Å². The molecule has 4 nitrogen and oxygen atoms in total. The predicted octanol–water partition coefficient (Wildman–Crippen LogP) is 11.4. The zero-order valence-electron chi connectivity index (χ0n) is 29.8. The number of rotatable bonds is 27. The van der Waals surface area contributed by atoms with Crippen molar-refractivity contribution < 1.29 is 19.3 Å². The van der Waals surface area contributed by atoms with Gasteiger partial charge in [0.2, 0.25) is 0 Å². The minimum Gasteiger partial charge on any atom is -0.508 e. The zero-order chi connectivity index (χ0) is 34.0. The average molecular weight is 665 g/mol. The molecule has 0 aromatic heterocycles. The number of aromatic hydroxyl groups is 1. The van der Waals surface area contributed by atoms with Crippen molar-refractivity contribution >= 4 is 0 Å². The Hall–Kier alpha value is -3.44. The van der Waals surface area contributed by atoms with Gasteiger partial charge >= 0.3 is 0 Å². The lowest BCUT2D eigenvalue weighted by molar-refractivity contribution is 0.0945. The van der Waals surface area contributed by atoms with Gasteiger partial charge in [-0.3, -0.25) is 0 Å². The van der Waals surface area contributed by atoms with Gasteiger partial charge in [0.25, 0.3) is 0 Å². The zero-order valence-corrected chi connectivity index (χ0v) is 29.8. The summed E-state index contributed by atoms with van der Waals surface area (Å²) in [5.41, 5.74) is 7.20. The number of hydrogen-bond donors (Lipinski definition) is 1. The van der Waals surface area contributed by atoms with E-state index in [0.717, 1.165) is 74.7 Å². The normalized spacial score (nSPS) is 11.3. The maximum absolute atomic E-state index is 10.9. The average Bonchev–Trinajstić information content (AvgIpc) is 3.14. The van der Waals surface area contributed by atoms with Crippen molar-refractivity contribution in [2.75, 3.05) is 19.8 Å². The van der Waals surface area contributed by atoms with Crippen LogP contribution < -0.4 is 0 Å². The molecule has 0 aliphatic heterocycles. The summed E-state index contributed by atoms with van der Waals surface area (Å²) < 4.78 is 18.5. The van der Waals surface area contributed by atoms with Gasteiger partial charge in [-0.1, -0.05) is 136 Å². The van der Waals surface area contributed by atoms with Crippen LogP contribution in [0.3, 0.4) is 0 Å². The van der Waals surface area contributed by atoms with Gasteiger partial charge in [0, 0.05) is 25.4 Å². The molecule has 0 amide bonds. The lowest BCUT2D eigenvalue weighted by atomic mass is 10.0. The Balaban J connectivity index is 1.17.